The van der Waals surface area contributed by atoms with Gasteiger partial charge in [0.15, 0.2) is 0 Å². The smallest absolute Gasteiger partial charge is 0.336 e. The third kappa shape index (κ3) is 5.22. The zero-order valence-corrected chi connectivity index (χ0v) is 18.8. The number of hydrogen-bond acceptors (Lipinski definition) is 5. The quantitative estimate of drug-likeness (QED) is 0.426. The molecule has 1 fully saturated rings. The van der Waals surface area contributed by atoms with Gasteiger partial charge in [0.25, 0.3) is 5.91 Å². The van der Waals surface area contributed by atoms with Crippen LogP contribution in [0.15, 0.2) is 68.7 Å². The number of nitrogens with one attached hydrogen (secondary N) is 1. The molecular weight excluding hydrogens is 424 g/mol. The van der Waals surface area contributed by atoms with E-state index in [0.29, 0.717) is 28.6 Å². The minimum Gasteiger partial charge on any atom is -0.423 e. The molecule has 6 nitrogen and oxygen atoms in total. The van der Waals surface area contributed by atoms with Gasteiger partial charge in [-0.15, -0.1) is 11.8 Å². The van der Waals surface area contributed by atoms with Gasteiger partial charge < -0.3 is 14.6 Å². The molecule has 1 aliphatic carbocycles. The van der Waals surface area contributed by atoms with Gasteiger partial charge in [-0.25, -0.2) is 4.79 Å². The van der Waals surface area contributed by atoms with Crippen LogP contribution in [0.2, 0.25) is 0 Å². The number of amides is 2. The van der Waals surface area contributed by atoms with Crippen LogP contribution in [0.1, 0.15) is 42.5 Å². The summed E-state index contributed by atoms with van der Waals surface area (Å²) in [4.78, 5) is 39.7. The van der Waals surface area contributed by atoms with Crippen molar-refractivity contribution >= 4 is 40.2 Å². The zero-order valence-electron chi connectivity index (χ0n) is 18.0. The Balaban J connectivity index is 1.43. The highest BCUT2D eigenvalue weighted by atomic mass is 32.2. The zero-order chi connectivity index (χ0) is 22.5. The van der Waals surface area contributed by atoms with E-state index < -0.39 is 5.63 Å². The lowest BCUT2D eigenvalue weighted by atomic mass is 9.94. The standard InChI is InChI=1S/C25H26N2O4S/c1-27(19-7-3-2-4-8-19)23(28)16-32-22-10-6-5-9-20(22)25(30)26-18-12-13-21-17(15-18)11-14-24(29)31-21/h5-6,9-15,19H,2-4,7-8,16H2,1H3,(H,26,30). The third-order valence-corrected chi connectivity index (χ3v) is 6.93. The van der Waals surface area contributed by atoms with Crippen LogP contribution in [-0.4, -0.2) is 35.6 Å². The fraction of sp³-hybridized carbons (Fsp3) is 0.320. The van der Waals surface area contributed by atoms with Crippen LogP contribution >= 0.6 is 11.8 Å². The van der Waals surface area contributed by atoms with E-state index in [1.54, 1.807) is 30.3 Å². The van der Waals surface area contributed by atoms with E-state index in [1.807, 2.05) is 30.1 Å². The summed E-state index contributed by atoms with van der Waals surface area (Å²) in [7, 11) is 1.89. The SMILES string of the molecule is CN(C(=O)CSc1ccccc1C(=O)Nc1ccc2oc(=O)ccc2c1)C1CCCCC1. The maximum absolute atomic E-state index is 13.0. The lowest BCUT2D eigenvalue weighted by molar-refractivity contribution is -0.129. The first kappa shape index (κ1) is 22.1. The van der Waals surface area contributed by atoms with Gasteiger partial charge in [-0.05, 0) is 49.2 Å². The first-order valence-electron chi connectivity index (χ1n) is 10.8. The van der Waals surface area contributed by atoms with E-state index >= 15 is 0 Å². The number of hydrogen-bond donors (Lipinski definition) is 1. The number of carbonyl (C=O) groups is 2. The van der Waals surface area contributed by atoms with Crippen molar-refractivity contribution in [3.63, 3.8) is 0 Å². The van der Waals surface area contributed by atoms with Crippen molar-refractivity contribution in [1.29, 1.82) is 0 Å². The molecule has 3 aromatic rings. The minimum absolute atomic E-state index is 0.0909. The highest BCUT2D eigenvalue weighted by Crippen LogP contribution is 2.27. The largest absolute Gasteiger partial charge is 0.423 e. The highest BCUT2D eigenvalue weighted by molar-refractivity contribution is 8.00. The number of thioether (sulfide) groups is 1. The third-order valence-electron chi connectivity index (χ3n) is 5.88. The molecular formula is C25H26N2O4S. The van der Waals surface area contributed by atoms with Gasteiger partial charge in [-0.2, -0.15) is 0 Å². The molecule has 2 amide bonds. The van der Waals surface area contributed by atoms with Crippen LogP contribution in [0.5, 0.6) is 0 Å². The summed E-state index contributed by atoms with van der Waals surface area (Å²) in [5.74, 6) is 0.137. The molecule has 0 radical (unpaired) electrons. The van der Waals surface area contributed by atoms with E-state index in [0.717, 1.165) is 23.1 Å². The molecule has 0 aliphatic heterocycles. The molecule has 32 heavy (non-hydrogen) atoms. The van der Waals surface area contributed by atoms with Crippen LogP contribution in [-0.2, 0) is 4.79 Å². The maximum Gasteiger partial charge on any atom is 0.336 e. The van der Waals surface area contributed by atoms with Crippen LogP contribution in [0.4, 0.5) is 5.69 Å². The summed E-state index contributed by atoms with van der Waals surface area (Å²) in [6.45, 7) is 0. The van der Waals surface area contributed by atoms with Crippen molar-refractivity contribution in [3.8, 4) is 0 Å². The van der Waals surface area contributed by atoms with Gasteiger partial charge in [0, 0.05) is 35.1 Å². The Hall–Kier alpha value is -3.06. The topological polar surface area (TPSA) is 79.6 Å². The van der Waals surface area contributed by atoms with Gasteiger partial charge in [0.2, 0.25) is 5.91 Å². The van der Waals surface area contributed by atoms with Crippen LogP contribution in [0.25, 0.3) is 11.0 Å². The van der Waals surface area contributed by atoms with E-state index in [4.69, 9.17) is 4.42 Å². The first-order valence-corrected chi connectivity index (χ1v) is 11.8. The van der Waals surface area contributed by atoms with Crippen LogP contribution in [0.3, 0.4) is 0 Å². The number of rotatable bonds is 6. The van der Waals surface area contributed by atoms with E-state index in [-0.39, 0.29) is 11.8 Å². The van der Waals surface area contributed by atoms with Crippen LogP contribution < -0.4 is 10.9 Å². The minimum atomic E-state index is -0.413. The molecule has 2 aromatic carbocycles. The molecule has 1 saturated carbocycles. The lowest BCUT2D eigenvalue weighted by Crippen LogP contribution is -2.39. The molecule has 1 aliphatic rings. The van der Waals surface area contributed by atoms with Crippen molar-refractivity contribution in [2.75, 3.05) is 18.1 Å². The van der Waals surface area contributed by atoms with Crippen molar-refractivity contribution in [1.82, 2.24) is 4.90 Å². The van der Waals surface area contributed by atoms with Crippen LogP contribution in [0, 0.1) is 0 Å². The summed E-state index contributed by atoms with van der Waals surface area (Å²) in [6.07, 6.45) is 5.75. The molecule has 4 rings (SSSR count). The number of benzene rings is 2. The average molecular weight is 451 g/mol. The molecule has 166 valence electrons. The average Bonchev–Trinajstić information content (AvgIpc) is 2.82. The lowest BCUT2D eigenvalue weighted by Gasteiger charge is -2.31. The molecule has 1 heterocycles. The second-order valence-corrected chi connectivity index (χ2v) is 9.06. The molecule has 0 unspecified atom stereocenters. The fourth-order valence-corrected chi connectivity index (χ4v) is 5.02. The predicted octanol–water partition coefficient (Wildman–Crippen LogP) is 4.93. The summed E-state index contributed by atoms with van der Waals surface area (Å²) >= 11 is 1.39. The summed E-state index contributed by atoms with van der Waals surface area (Å²) in [5.41, 5.74) is 1.17. The summed E-state index contributed by atoms with van der Waals surface area (Å²) in [6, 6.07) is 15.7. The Morgan fingerprint density at radius 3 is 2.66 bits per heavy atom. The van der Waals surface area contributed by atoms with Gasteiger partial charge in [-0.3, -0.25) is 9.59 Å². The van der Waals surface area contributed by atoms with Crippen molar-refractivity contribution in [3.05, 3.63) is 70.6 Å². The Morgan fingerprint density at radius 2 is 1.84 bits per heavy atom. The second-order valence-electron chi connectivity index (χ2n) is 8.04. The highest BCUT2D eigenvalue weighted by Gasteiger charge is 2.22. The number of nitrogens with zero attached hydrogens (tertiary/aromatic N) is 1. The Labute approximate surface area is 191 Å². The number of fused-ring (bicyclic) bond motifs is 1. The second kappa shape index (κ2) is 10.0. The molecule has 0 bridgehead atoms. The van der Waals surface area contributed by atoms with Crippen molar-refractivity contribution in [2.45, 2.75) is 43.0 Å². The molecule has 7 heteroatoms. The van der Waals surface area contributed by atoms with Gasteiger partial charge >= 0.3 is 5.63 Å². The van der Waals surface area contributed by atoms with E-state index in [9.17, 15) is 14.4 Å². The Bertz CT molecular complexity index is 1180. The normalized spacial score (nSPS) is 14.3. The van der Waals surface area contributed by atoms with Crippen molar-refractivity contribution in [2.24, 2.45) is 0 Å². The molecule has 0 saturated heterocycles. The van der Waals surface area contributed by atoms with Gasteiger partial charge in [-0.1, -0.05) is 31.4 Å². The van der Waals surface area contributed by atoms with Gasteiger partial charge in [0.1, 0.15) is 5.58 Å². The van der Waals surface area contributed by atoms with E-state index in [2.05, 4.69) is 5.32 Å². The van der Waals surface area contributed by atoms with E-state index in [1.165, 1.54) is 37.1 Å². The first-order chi connectivity index (χ1) is 15.5. The predicted molar refractivity (Wildman–Crippen MR) is 127 cm³/mol. The maximum atomic E-state index is 13.0. The fourth-order valence-electron chi connectivity index (χ4n) is 4.04. The molecule has 0 spiro atoms. The monoisotopic (exact) mass is 450 g/mol. The number of anilines is 1. The summed E-state index contributed by atoms with van der Waals surface area (Å²) in [5, 5.41) is 3.62. The Morgan fingerprint density at radius 1 is 1.06 bits per heavy atom. The van der Waals surface area contributed by atoms with Crippen molar-refractivity contribution < 1.29 is 14.0 Å². The molecule has 1 N–H and O–H groups in total. The molecule has 1 aromatic heterocycles. The Kier molecular flexibility index (Phi) is 6.95. The number of carbonyl (C=O) groups excluding carboxylic acids is 2. The summed E-state index contributed by atoms with van der Waals surface area (Å²) < 4.78 is 5.14. The van der Waals surface area contributed by atoms with Gasteiger partial charge in [0.05, 0.1) is 11.3 Å². The molecule has 0 atom stereocenters.